The fourth-order valence-electron chi connectivity index (χ4n) is 1.81. The third-order valence-electron chi connectivity index (χ3n) is 2.91. The van der Waals surface area contributed by atoms with E-state index in [0.717, 1.165) is 0 Å². The number of nitrogens with one attached hydrogen (secondary N) is 1. The van der Waals surface area contributed by atoms with Gasteiger partial charge in [-0.05, 0) is 24.3 Å². The molecule has 6 heteroatoms. The van der Waals surface area contributed by atoms with Gasteiger partial charge in [-0.2, -0.15) is 0 Å². The molecule has 0 saturated heterocycles. The van der Waals surface area contributed by atoms with Crippen molar-refractivity contribution >= 4 is 28.9 Å². The Morgan fingerprint density at radius 2 is 1.90 bits per heavy atom. The maximum absolute atomic E-state index is 12.2. The van der Waals surface area contributed by atoms with Gasteiger partial charge in [0.1, 0.15) is 11.5 Å². The molecule has 0 atom stereocenters. The number of carbonyl (C=O) groups excluding carboxylic acids is 1. The first kappa shape index (κ1) is 15.0. The van der Waals surface area contributed by atoms with Crippen molar-refractivity contribution in [3.8, 4) is 11.5 Å². The summed E-state index contributed by atoms with van der Waals surface area (Å²) < 4.78 is 10.2. The molecule has 0 spiro atoms. The summed E-state index contributed by atoms with van der Waals surface area (Å²) >= 11 is 5.94. The molecule has 0 saturated carbocycles. The van der Waals surface area contributed by atoms with E-state index in [1.54, 1.807) is 36.4 Å². The molecule has 5 nitrogen and oxygen atoms in total. The van der Waals surface area contributed by atoms with Gasteiger partial charge in [-0.25, -0.2) is 0 Å². The highest BCUT2D eigenvalue weighted by Gasteiger charge is 2.12. The Morgan fingerprint density at radius 3 is 2.52 bits per heavy atom. The molecule has 2 aromatic carbocycles. The van der Waals surface area contributed by atoms with E-state index in [1.807, 2.05) is 0 Å². The second kappa shape index (κ2) is 6.37. The molecular weight excluding hydrogens is 292 g/mol. The number of hydrogen-bond donors (Lipinski definition) is 2. The van der Waals surface area contributed by atoms with Gasteiger partial charge in [-0.1, -0.05) is 11.6 Å². The summed E-state index contributed by atoms with van der Waals surface area (Å²) in [6, 6.07) is 9.84. The Balaban J connectivity index is 2.22. The molecule has 0 aliphatic heterocycles. The number of halogens is 1. The van der Waals surface area contributed by atoms with Crippen LogP contribution in [0.4, 0.5) is 11.4 Å². The lowest BCUT2D eigenvalue weighted by atomic mass is 10.1. The van der Waals surface area contributed by atoms with E-state index in [0.29, 0.717) is 33.5 Å². The van der Waals surface area contributed by atoms with Crippen molar-refractivity contribution < 1.29 is 14.3 Å². The van der Waals surface area contributed by atoms with E-state index >= 15 is 0 Å². The number of hydrogen-bond acceptors (Lipinski definition) is 4. The lowest BCUT2D eigenvalue weighted by Gasteiger charge is -2.10. The van der Waals surface area contributed by atoms with Crippen molar-refractivity contribution in [2.75, 3.05) is 25.3 Å². The number of rotatable bonds is 4. The maximum atomic E-state index is 12.2. The van der Waals surface area contributed by atoms with Crippen LogP contribution in [0.25, 0.3) is 0 Å². The molecule has 2 rings (SSSR count). The van der Waals surface area contributed by atoms with Crippen molar-refractivity contribution in [1.29, 1.82) is 0 Å². The number of anilines is 2. The van der Waals surface area contributed by atoms with Gasteiger partial charge in [0.05, 0.1) is 24.8 Å². The standard InChI is InChI=1S/C15H15ClN2O3/c1-20-10-4-5-11(13(17)8-10)15(19)18-9-3-6-12(16)14(7-9)21-2/h3-8H,17H2,1-2H3,(H,18,19). The highest BCUT2D eigenvalue weighted by Crippen LogP contribution is 2.28. The maximum Gasteiger partial charge on any atom is 0.257 e. The topological polar surface area (TPSA) is 73.6 Å². The Labute approximate surface area is 127 Å². The second-order valence-electron chi connectivity index (χ2n) is 4.26. The van der Waals surface area contributed by atoms with Gasteiger partial charge >= 0.3 is 0 Å². The van der Waals surface area contributed by atoms with Gasteiger partial charge in [-0.15, -0.1) is 0 Å². The molecule has 1 amide bonds. The first-order chi connectivity index (χ1) is 10.0. The fraction of sp³-hybridized carbons (Fsp3) is 0.133. The highest BCUT2D eigenvalue weighted by molar-refractivity contribution is 6.32. The Kier molecular flexibility index (Phi) is 4.55. The fourth-order valence-corrected chi connectivity index (χ4v) is 2.01. The molecule has 0 aliphatic rings. The van der Waals surface area contributed by atoms with Gasteiger partial charge in [0, 0.05) is 23.5 Å². The predicted octanol–water partition coefficient (Wildman–Crippen LogP) is 3.19. The normalized spacial score (nSPS) is 10.0. The lowest BCUT2D eigenvalue weighted by molar-refractivity contribution is 0.102. The molecule has 2 aromatic rings. The van der Waals surface area contributed by atoms with Gasteiger partial charge in [-0.3, -0.25) is 4.79 Å². The van der Waals surface area contributed by atoms with E-state index in [9.17, 15) is 4.79 Å². The molecule has 21 heavy (non-hydrogen) atoms. The van der Waals surface area contributed by atoms with E-state index in [1.165, 1.54) is 14.2 Å². The second-order valence-corrected chi connectivity index (χ2v) is 4.66. The number of carbonyl (C=O) groups is 1. The van der Waals surface area contributed by atoms with E-state index in [2.05, 4.69) is 5.32 Å². The minimum atomic E-state index is -0.320. The number of amides is 1. The van der Waals surface area contributed by atoms with Crippen LogP contribution >= 0.6 is 11.6 Å². The van der Waals surface area contributed by atoms with Crippen LogP contribution < -0.4 is 20.5 Å². The van der Waals surface area contributed by atoms with Crippen LogP contribution in [-0.4, -0.2) is 20.1 Å². The molecule has 0 bridgehead atoms. The third-order valence-corrected chi connectivity index (χ3v) is 3.22. The van der Waals surface area contributed by atoms with Crippen LogP contribution in [0.5, 0.6) is 11.5 Å². The zero-order chi connectivity index (χ0) is 15.4. The quantitative estimate of drug-likeness (QED) is 0.851. The minimum absolute atomic E-state index is 0.320. The highest BCUT2D eigenvalue weighted by atomic mass is 35.5. The summed E-state index contributed by atoms with van der Waals surface area (Å²) in [5, 5.41) is 3.21. The molecular formula is C15H15ClN2O3. The van der Waals surface area contributed by atoms with Crippen LogP contribution in [-0.2, 0) is 0 Å². The summed E-state index contributed by atoms with van der Waals surface area (Å²) in [5.41, 5.74) is 7.12. The molecule has 3 N–H and O–H groups in total. The number of ether oxygens (including phenoxy) is 2. The number of benzene rings is 2. The average Bonchev–Trinajstić information content (AvgIpc) is 2.48. The minimum Gasteiger partial charge on any atom is -0.497 e. The summed E-state index contributed by atoms with van der Waals surface area (Å²) in [6.07, 6.45) is 0. The predicted molar refractivity (Wildman–Crippen MR) is 83.4 cm³/mol. The van der Waals surface area contributed by atoms with Crippen molar-refractivity contribution in [1.82, 2.24) is 0 Å². The van der Waals surface area contributed by atoms with Crippen LogP contribution in [0.15, 0.2) is 36.4 Å². The van der Waals surface area contributed by atoms with Crippen molar-refractivity contribution in [2.45, 2.75) is 0 Å². The number of nitrogens with two attached hydrogens (primary N) is 1. The monoisotopic (exact) mass is 306 g/mol. The lowest BCUT2D eigenvalue weighted by Crippen LogP contribution is -2.14. The number of nitrogen functional groups attached to an aromatic ring is 1. The molecule has 0 fully saturated rings. The Hall–Kier alpha value is -2.40. The van der Waals surface area contributed by atoms with Crippen LogP contribution in [0.2, 0.25) is 5.02 Å². The SMILES string of the molecule is COc1ccc(C(=O)Nc2ccc(Cl)c(OC)c2)c(N)c1. The summed E-state index contributed by atoms with van der Waals surface area (Å²) in [7, 11) is 3.04. The number of methoxy groups -OCH3 is 2. The molecule has 0 heterocycles. The van der Waals surface area contributed by atoms with Crippen molar-refractivity contribution in [3.63, 3.8) is 0 Å². The van der Waals surface area contributed by atoms with Crippen LogP contribution in [0, 0.1) is 0 Å². The summed E-state index contributed by atoms with van der Waals surface area (Å²) in [5.74, 6) is 0.758. The zero-order valence-corrected chi connectivity index (χ0v) is 12.4. The molecule has 0 aliphatic carbocycles. The Bertz CT molecular complexity index is 674. The summed E-state index contributed by atoms with van der Waals surface area (Å²) in [6.45, 7) is 0. The third kappa shape index (κ3) is 3.38. The van der Waals surface area contributed by atoms with E-state index in [-0.39, 0.29) is 5.91 Å². The van der Waals surface area contributed by atoms with E-state index < -0.39 is 0 Å². The van der Waals surface area contributed by atoms with Gasteiger partial charge in [0.15, 0.2) is 0 Å². The largest absolute Gasteiger partial charge is 0.497 e. The Morgan fingerprint density at radius 1 is 1.14 bits per heavy atom. The van der Waals surface area contributed by atoms with Gasteiger partial charge in [0.25, 0.3) is 5.91 Å². The average molecular weight is 307 g/mol. The van der Waals surface area contributed by atoms with Crippen molar-refractivity contribution in [2.24, 2.45) is 0 Å². The van der Waals surface area contributed by atoms with Crippen LogP contribution in [0.3, 0.4) is 0 Å². The molecule has 0 radical (unpaired) electrons. The van der Waals surface area contributed by atoms with E-state index in [4.69, 9.17) is 26.8 Å². The first-order valence-electron chi connectivity index (χ1n) is 6.13. The van der Waals surface area contributed by atoms with Crippen molar-refractivity contribution in [3.05, 3.63) is 47.0 Å². The molecule has 110 valence electrons. The zero-order valence-electron chi connectivity index (χ0n) is 11.6. The van der Waals surface area contributed by atoms with Gasteiger partial charge < -0.3 is 20.5 Å². The van der Waals surface area contributed by atoms with Crippen LogP contribution in [0.1, 0.15) is 10.4 Å². The smallest absolute Gasteiger partial charge is 0.257 e. The summed E-state index contributed by atoms with van der Waals surface area (Å²) in [4.78, 5) is 12.2. The van der Waals surface area contributed by atoms with Gasteiger partial charge in [0.2, 0.25) is 0 Å². The molecule has 0 aromatic heterocycles. The molecule has 0 unspecified atom stereocenters. The first-order valence-corrected chi connectivity index (χ1v) is 6.51.